The van der Waals surface area contributed by atoms with E-state index in [9.17, 15) is 0 Å². The van der Waals surface area contributed by atoms with Gasteiger partial charge in [0.15, 0.2) is 0 Å². The second-order valence-corrected chi connectivity index (χ2v) is 4.89. The maximum Gasteiger partial charge on any atom is 0.0242 e. The number of rotatable bonds is 2. The fourth-order valence-electron chi connectivity index (χ4n) is 2.42. The van der Waals surface area contributed by atoms with E-state index in [1.54, 1.807) is 0 Å². The minimum atomic E-state index is 0. The van der Waals surface area contributed by atoms with Crippen molar-refractivity contribution in [3.63, 3.8) is 0 Å². The van der Waals surface area contributed by atoms with E-state index in [1.165, 1.54) is 16.7 Å². The lowest BCUT2D eigenvalue weighted by Gasteiger charge is -2.34. The van der Waals surface area contributed by atoms with E-state index in [1.807, 2.05) is 0 Å². The summed E-state index contributed by atoms with van der Waals surface area (Å²) in [5.41, 5.74) is 4.35. The second kappa shape index (κ2) is 6.39. The van der Waals surface area contributed by atoms with E-state index in [2.05, 4.69) is 49.2 Å². The molecule has 0 amide bonds. The summed E-state index contributed by atoms with van der Waals surface area (Å²) < 4.78 is 0. The van der Waals surface area contributed by atoms with Gasteiger partial charge in [-0.1, -0.05) is 18.2 Å². The Bertz CT molecular complexity index is 345. The molecule has 0 bridgehead atoms. The third kappa shape index (κ3) is 3.44. The van der Waals surface area contributed by atoms with Crippen LogP contribution in [0.1, 0.15) is 23.6 Å². The highest BCUT2D eigenvalue weighted by atomic mass is 35.5. The summed E-state index contributed by atoms with van der Waals surface area (Å²) in [6.45, 7) is 11.2. The highest BCUT2D eigenvalue weighted by Crippen LogP contribution is 2.17. The third-order valence-electron chi connectivity index (χ3n) is 3.64. The van der Waals surface area contributed by atoms with Crippen LogP contribution in [0.2, 0.25) is 0 Å². The van der Waals surface area contributed by atoms with Gasteiger partial charge in [0.2, 0.25) is 0 Å². The zero-order valence-corrected chi connectivity index (χ0v) is 11.8. The van der Waals surface area contributed by atoms with Crippen molar-refractivity contribution in [3.05, 3.63) is 34.9 Å². The fraction of sp³-hybridized carbons (Fsp3) is 0.571. The Labute approximate surface area is 111 Å². The van der Waals surface area contributed by atoms with Gasteiger partial charge in [-0.25, -0.2) is 0 Å². The number of aryl methyl sites for hydroxylation is 2. The van der Waals surface area contributed by atoms with E-state index in [0.29, 0.717) is 6.04 Å². The quantitative estimate of drug-likeness (QED) is 0.873. The molecule has 0 aliphatic carbocycles. The van der Waals surface area contributed by atoms with Gasteiger partial charge >= 0.3 is 0 Å². The molecule has 0 aromatic heterocycles. The monoisotopic (exact) mass is 254 g/mol. The summed E-state index contributed by atoms with van der Waals surface area (Å²) in [7, 11) is 0. The Morgan fingerprint density at radius 1 is 1.29 bits per heavy atom. The maximum absolute atomic E-state index is 3.44. The molecule has 0 radical (unpaired) electrons. The summed E-state index contributed by atoms with van der Waals surface area (Å²) in [5, 5.41) is 3.44. The molecule has 1 fully saturated rings. The number of hydrogen-bond donors (Lipinski definition) is 1. The summed E-state index contributed by atoms with van der Waals surface area (Å²) in [4.78, 5) is 2.58. The Balaban J connectivity index is 0.00000144. The van der Waals surface area contributed by atoms with Gasteiger partial charge in [-0.2, -0.15) is 0 Å². The van der Waals surface area contributed by atoms with E-state index in [0.717, 1.165) is 26.2 Å². The summed E-state index contributed by atoms with van der Waals surface area (Å²) in [5.74, 6) is 0. The van der Waals surface area contributed by atoms with Gasteiger partial charge in [-0.3, -0.25) is 4.90 Å². The normalized spacial score (nSPS) is 21.0. The van der Waals surface area contributed by atoms with E-state index in [4.69, 9.17) is 0 Å². The molecule has 1 heterocycles. The van der Waals surface area contributed by atoms with Crippen molar-refractivity contribution >= 4 is 12.4 Å². The largest absolute Gasteiger partial charge is 0.314 e. The van der Waals surface area contributed by atoms with Crippen LogP contribution in [0.25, 0.3) is 0 Å². The molecule has 1 N–H and O–H groups in total. The molecule has 96 valence electrons. The minimum Gasteiger partial charge on any atom is -0.314 e. The predicted molar refractivity (Wildman–Crippen MR) is 75.9 cm³/mol. The average Bonchev–Trinajstić information content (AvgIpc) is 2.26. The molecular weight excluding hydrogens is 232 g/mol. The molecule has 3 heteroatoms. The predicted octanol–water partition coefficient (Wildman–Crippen LogP) is 2.52. The van der Waals surface area contributed by atoms with Crippen molar-refractivity contribution in [2.45, 2.75) is 33.4 Å². The van der Waals surface area contributed by atoms with Gasteiger partial charge in [0.1, 0.15) is 0 Å². The highest BCUT2D eigenvalue weighted by molar-refractivity contribution is 5.85. The minimum absolute atomic E-state index is 0. The van der Waals surface area contributed by atoms with E-state index in [-0.39, 0.29) is 12.4 Å². The standard InChI is InChI=1S/C14H22N2.ClH/c1-11-5-4-6-12(2)14(11)10-16-8-7-15-9-13(16)3;/h4-6,13,15H,7-10H2,1-3H3;1H. The topological polar surface area (TPSA) is 15.3 Å². The van der Waals surface area contributed by atoms with Crippen molar-refractivity contribution in [2.75, 3.05) is 19.6 Å². The summed E-state index contributed by atoms with van der Waals surface area (Å²) >= 11 is 0. The van der Waals surface area contributed by atoms with Crippen LogP contribution in [0.5, 0.6) is 0 Å². The molecule has 17 heavy (non-hydrogen) atoms. The summed E-state index contributed by atoms with van der Waals surface area (Å²) in [6.07, 6.45) is 0. The zero-order chi connectivity index (χ0) is 11.5. The molecule has 2 rings (SSSR count). The molecule has 1 aromatic rings. The lowest BCUT2D eigenvalue weighted by atomic mass is 10.0. The fourth-order valence-corrected chi connectivity index (χ4v) is 2.42. The lowest BCUT2D eigenvalue weighted by molar-refractivity contribution is 0.165. The van der Waals surface area contributed by atoms with Crippen molar-refractivity contribution in [1.82, 2.24) is 10.2 Å². The van der Waals surface area contributed by atoms with E-state index >= 15 is 0 Å². The van der Waals surface area contributed by atoms with E-state index < -0.39 is 0 Å². The SMILES string of the molecule is Cc1cccc(C)c1CN1CCNCC1C.Cl. The lowest BCUT2D eigenvalue weighted by Crippen LogP contribution is -2.49. The Hall–Kier alpha value is -0.570. The Morgan fingerprint density at radius 3 is 2.53 bits per heavy atom. The molecule has 2 nitrogen and oxygen atoms in total. The maximum atomic E-state index is 3.44. The van der Waals surface area contributed by atoms with Crippen molar-refractivity contribution in [2.24, 2.45) is 0 Å². The number of benzene rings is 1. The molecule has 1 aromatic carbocycles. The average molecular weight is 255 g/mol. The van der Waals surface area contributed by atoms with Crippen molar-refractivity contribution in [1.29, 1.82) is 0 Å². The summed E-state index contributed by atoms with van der Waals surface area (Å²) in [6, 6.07) is 7.23. The van der Waals surface area contributed by atoms with Crippen molar-refractivity contribution in [3.8, 4) is 0 Å². The Morgan fingerprint density at radius 2 is 1.94 bits per heavy atom. The highest BCUT2D eigenvalue weighted by Gasteiger charge is 2.18. The van der Waals surface area contributed by atoms with Crippen LogP contribution in [-0.4, -0.2) is 30.6 Å². The first-order valence-corrected chi connectivity index (χ1v) is 6.18. The van der Waals surface area contributed by atoms with Crippen LogP contribution in [0.15, 0.2) is 18.2 Å². The Kier molecular flexibility index (Phi) is 5.44. The van der Waals surface area contributed by atoms with Crippen LogP contribution in [-0.2, 0) is 6.54 Å². The number of nitrogens with one attached hydrogen (secondary N) is 1. The van der Waals surface area contributed by atoms with Crippen LogP contribution >= 0.6 is 12.4 Å². The molecule has 1 atom stereocenters. The molecular formula is C14H23ClN2. The van der Waals surface area contributed by atoms with Gasteiger partial charge in [-0.05, 0) is 37.5 Å². The van der Waals surface area contributed by atoms with Gasteiger partial charge in [0.05, 0.1) is 0 Å². The van der Waals surface area contributed by atoms with Crippen LogP contribution in [0, 0.1) is 13.8 Å². The van der Waals surface area contributed by atoms with Crippen LogP contribution < -0.4 is 5.32 Å². The van der Waals surface area contributed by atoms with Crippen molar-refractivity contribution < 1.29 is 0 Å². The number of piperazine rings is 1. The molecule has 1 saturated heterocycles. The number of halogens is 1. The van der Waals surface area contributed by atoms with Crippen LogP contribution in [0.4, 0.5) is 0 Å². The smallest absolute Gasteiger partial charge is 0.0242 e. The third-order valence-corrected chi connectivity index (χ3v) is 3.64. The van der Waals surface area contributed by atoms with Crippen LogP contribution in [0.3, 0.4) is 0 Å². The van der Waals surface area contributed by atoms with Gasteiger partial charge < -0.3 is 5.32 Å². The first-order chi connectivity index (χ1) is 7.68. The zero-order valence-electron chi connectivity index (χ0n) is 11.0. The molecule has 0 saturated carbocycles. The first-order valence-electron chi connectivity index (χ1n) is 6.18. The second-order valence-electron chi connectivity index (χ2n) is 4.89. The van der Waals surface area contributed by atoms with Gasteiger partial charge in [0.25, 0.3) is 0 Å². The van der Waals surface area contributed by atoms with Gasteiger partial charge in [-0.15, -0.1) is 12.4 Å². The molecule has 1 aliphatic heterocycles. The number of hydrogen-bond acceptors (Lipinski definition) is 2. The van der Waals surface area contributed by atoms with Gasteiger partial charge in [0, 0.05) is 32.2 Å². The molecule has 0 spiro atoms. The first kappa shape index (κ1) is 14.5. The number of nitrogens with zero attached hydrogens (tertiary/aromatic N) is 1. The molecule has 1 unspecified atom stereocenters. The molecule has 1 aliphatic rings.